The second-order valence-corrected chi connectivity index (χ2v) is 11.1. The Morgan fingerprint density at radius 3 is 2.11 bits per heavy atom. The van der Waals surface area contributed by atoms with Crippen LogP contribution in [0.25, 0.3) is 0 Å². The highest BCUT2D eigenvalue weighted by Crippen LogP contribution is 2.27. The smallest absolute Gasteiger partial charge is 0.264 e. The number of likely N-dealkylation sites (N-methyl/N-ethyl adjacent to an activating group) is 1. The molecule has 1 atom stereocenters. The molecule has 3 aromatic rings. The molecule has 202 valence electrons. The van der Waals surface area contributed by atoms with Gasteiger partial charge in [0.25, 0.3) is 10.0 Å². The van der Waals surface area contributed by atoms with Crippen molar-refractivity contribution >= 4 is 27.5 Å². The minimum atomic E-state index is -4.09. The Balaban J connectivity index is 2.04. The first-order valence-electron chi connectivity index (χ1n) is 12.3. The number of hydrogen-bond donors (Lipinski definition) is 1. The number of rotatable bonds is 10. The molecule has 0 fully saturated rings. The second-order valence-electron chi connectivity index (χ2n) is 9.25. The third-order valence-electron chi connectivity index (χ3n) is 6.59. The Hall–Kier alpha value is -3.85. The molecule has 0 bridgehead atoms. The number of benzene rings is 3. The molecule has 0 aromatic heterocycles. The van der Waals surface area contributed by atoms with Crippen molar-refractivity contribution in [2.75, 3.05) is 25.0 Å². The first-order chi connectivity index (χ1) is 18.0. The molecular weight excluding hydrogens is 502 g/mol. The van der Waals surface area contributed by atoms with Crippen molar-refractivity contribution in [2.45, 2.75) is 45.2 Å². The first kappa shape index (κ1) is 28.7. The van der Waals surface area contributed by atoms with E-state index in [1.807, 2.05) is 26.8 Å². The van der Waals surface area contributed by atoms with Crippen molar-refractivity contribution < 1.29 is 22.7 Å². The summed E-state index contributed by atoms with van der Waals surface area (Å²) in [6, 6.07) is 18.1. The van der Waals surface area contributed by atoms with Crippen LogP contribution >= 0.6 is 0 Å². The highest BCUT2D eigenvalue weighted by atomic mass is 32.2. The maximum Gasteiger partial charge on any atom is 0.264 e. The minimum Gasteiger partial charge on any atom is -0.497 e. The lowest BCUT2D eigenvalue weighted by molar-refractivity contribution is -0.139. The van der Waals surface area contributed by atoms with E-state index in [2.05, 4.69) is 5.32 Å². The van der Waals surface area contributed by atoms with Gasteiger partial charge in [-0.05, 0) is 80.8 Å². The molecule has 3 aromatic carbocycles. The zero-order valence-corrected chi connectivity index (χ0v) is 23.5. The molecule has 0 heterocycles. The van der Waals surface area contributed by atoms with Gasteiger partial charge in [0.05, 0.1) is 17.7 Å². The van der Waals surface area contributed by atoms with E-state index in [1.165, 1.54) is 24.1 Å². The van der Waals surface area contributed by atoms with Gasteiger partial charge >= 0.3 is 0 Å². The summed E-state index contributed by atoms with van der Waals surface area (Å²) in [7, 11) is -1.03. The minimum absolute atomic E-state index is 0.0789. The molecule has 0 spiro atoms. The highest BCUT2D eigenvalue weighted by Gasteiger charge is 2.32. The van der Waals surface area contributed by atoms with Crippen molar-refractivity contribution in [3.05, 3.63) is 89.0 Å². The SMILES string of the molecule is CNC(=O)[C@@H](C)N(Cc1ccc(OC)cc1)C(=O)CN(c1ccc(C)c(C)c1)S(=O)(=O)c1ccc(C)cc1. The molecule has 0 saturated carbocycles. The summed E-state index contributed by atoms with van der Waals surface area (Å²) in [5.74, 6) is -0.201. The standard InChI is InChI=1S/C29H35N3O5S/c1-20-7-15-27(16-8-20)38(35,36)32(25-12-9-21(2)22(3)17-25)19-28(33)31(23(4)29(34)30-5)18-24-10-13-26(37-6)14-11-24/h7-17,23H,18-19H2,1-6H3,(H,30,34)/t23-/m1/s1. The fraction of sp³-hybridized carbons (Fsp3) is 0.310. The lowest BCUT2D eigenvalue weighted by atomic mass is 10.1. The monoisotopic (exact) mass is 537 g/mol. The van der Waals surface area contributed by atoms with Gasteiger partial charge in [-0.25, -0.2) is 8.42 Å². The Bertz CT molecular complexity index is 1390. The van der Waals surface area contributed by atoms with Crippen molar-refractivity contribution in [1.82, 2.24) is 10.2 Å². The summed E-state index contributed by atoms with van der Waals surface area (Å²) < 4.78 is 34.0. The Labute approximate surface area is 225 Å². The lowest BCUT2D eigenvalue weighted by Crippen LogP contribution is -2.50. The predicted octanol–water partition coefficient (Wildman–Crippen LogP) is 3.98. The van der Waals surface area contributed by atoms with Crippen LogP contribution in [0.3, 0.4) is 0 Å². The fourth-order valence-corrected chi connectivity index (χ4v) is 5.37. The zero-order valence-electron chi connectivity index (χ0n) is 22.7. The Morgan fingerprint density at radius 1 is 0.921 bits per heavy atom. The van der Waals surface area contributed by atoms with Gasteiger partial charge < -0.3 is 15.0 Å². The highest BCUT2D eigenvalue weighted by molar-refractivity contribution is 7.92. The molecule has 0 radical (unpaired) electrons. The number of nitrogens with zero attached hydrogens (tertiary/aromatic N) is 2. The van der Waals surface area contributed by atoms with Gasteiger partial charge in [0.2, 0.25) is 11.8 Å². The number of hydrogen-bond acceptors (Lipinski definition) is 5. The molecule has 38 heavy (non-hydrogen) atoms. The van der Waals surface area contributed by atoms with Crippen LogP contribution in [0.2, 0.25) is 0 Å². The molecule has 3 rings (SSSR count). The van der Waals surface area contributed by atoms with Gasteiger partial charge in [0.1, 0.15) is 18.3 Å². The van der Waals surface area contributed by atoms with Crippen LogP contribution in [0.15, 0.2) is 71.6 Å². The van der Waals surface area contributed by atoms with Gasteiger partial charge in [0.15, 0.2) is 0 Å². The molecule has 0 saturated heterocycles. The largest absolute Gasteiger partial charge is 0.497 e. The van der Waals surface area contributed by atoms with Crippen molar-refractivity contribution in [3.8, 4) is 5.75 Å². The van der Waals surface area contributed by atoms with Gasteiger partial charge in [-0.3, -0.25) is 13.9 Å². The number of sulfonamides is 1. The third kappa shape index (κ3) is 6.52. The number of carbonyl (C=O) groups is 2. The van der Waals surface area contributed by atoms with E-state index in [9.17, 15) is 18.0 Å². The number of nitrogens with one attached hydrogen (secondary N) is 1. The van der Waals surface area contributed by atoms with Gasteiger partial charge in [-0.1, -0.05) is 35.9 Å². The summed E-state index contributed by atoms with van der Waals surface area (Å²) in [6.07, 6.45) is 0. The van der Waals surface area contributed by atoms with Gasteiger partial charge in [-0.15, -0.1) is 0 Å². The summed E-state index contributed by atoms with van der Waals surface area (Å²) in [6.45, 7) is 6.96. The van der Waals surface area contributed by atoms with Crippen LogP contribution in [-0.4, -0.2) is 51.9 Å². The molecule has 0 aliphatic rings. The summed E-state index contributed by atoms with van der Waals surface area (Å²) in [5, 5.41) is 2.58. The molecular formula is C29H35N3O5S. The summed E-state index contributed by atoms with van der Waals surface area (Å²) >= 11 is 0. The molecule has 0 aliphatic carbocycles. The maximum absolute atomic E-state index is 13.8. The van der Waals surface area contributed by atoms with Crippen LogP contribution in [0.4, 0.5) is 5.69 Å². The van der Waals surface area contributed by atoms with E-state index < -0.39 is 28.5 Å². The Morgan fingerprint density at radius 2 is 1.55 bits per heavy atom. The van der Waals surface area contributed by atoms with E-state index in [-0.39, 0.29) is 17.3 Å². The van der Waals surface area contributed by atoms with Crippen molar-refractivity contribution in [1.29, 1.82) is 0 Å². The number of ether oxygens (including phenoxy) is 1. The normalized spacial score (nSPS) is 11.9. The average molecular weight is 538 g/mol. The third-order valence-corrected chi connectivity index (χ3v) is 8.38. The molecule has 0 unspecified atom stereocenters. The molecule has 2 amide bonds. The molecule has 0 aliphatic heterocycles. The van der Waals surface area contributed by atoms with Gasteiger partial charge in [0, 0.05) is 13.6 Å². The lowest BCUT2D eigenvalue weighted by Gasteiger charge is -2.32. The van der Waals surface area contributed by atoms with Crippen LogP contribution in [0, 0.1) is 20.8 Å². The number of methoxy groups -OCH3 is 1. The van der Waals surface area contributed by atoms with E-state index in [4.69, 9.17) is 4.74 Å². The predicted molar refractivity (Wildman–Crippen MR) is 149 cm³/mol. The van der Waals surface area contributed by atoms with Crippen molar-refractivity contribution in [2.24, 2.45) is 0 Å². The second kappa shape index (κ2) is 12.1. The van der Waals surface area contributed by atoms with Crippen LogP contribution in [0.5, 0.6) is 5.75 Å². The molecule has 1 N–H and O–H groups in total. The average Bonchev–Trinajstić information content (AvgIpc) is 2.91. The maximum atomic E-state index is 13.8. The van der Waals surface area contributed by atoms with Gasteiger partial charge in [-0.2, -0.15) is 0 Å². The number of amides is 2. The van der Waals surface area contributed by atoms with E-state index in [0.29, 0.717) is 11.4 Å². The van der Waals surface area contributed by atoms with E-state index in [0.717, 1.165) is 26.6 Å². The zero-order chi connectivity index (χ0) is 28.0. The number of carbonyl (C=O) groups excluding carboxylic acids is 2. The van der Waals surface area contributed by atoms with Crippen LogP contribution in [0.1, 0.15) is 29.2 Å². The van der Waals surface area contributed by atoms with Crippen LogP contribution < -0.4 is 14.4 Å². The summed E-state index contributed by atoms with van der Waals surface area (Å²) in [4.78, 5) is 27.9. The molecule has 8 nitrogen and oxygen atoms in total. The van der Waals surface area contributed by atoms with E-state index in [1.54, 1.807) is 62.6 Å². The summed E-state index contributed by atoms with van der Waals surface area (Å²) in [5.41, 5.74) is 3.96. The Kier molecular flexibility index (Phi) is 9.17. The first-order valence-corrected chi connectivity index (χ1v) is 13.7. The quantitative estimate of drug-likeness (QED) is 0.422. The topological polar surface area (TPSA) is 96.0 Å². The fourth-order valence-electron chi connectivity index (χ4n) is 3.97. The number of aryl methyl sites for hydroxylation is 3. The molecule has 9 heteroatoms. The van der Waals surface area contributed by atoms with Crippen LogP contribution in [-0.2, 0) is 26.2 Å². The number of anilines is 1. The van der Waals surface area contributed by atoms with Crippen molar-refractivity contribution in [3.63, 3.8) is 0 Å². The van der Waals surface area contributed by atoms with E-state index >= 15 is 0 Å².